The van der Waals surface area contributed by atoms with Crippen LogP contribution in [0.15, 0.2) is 16.7 Å². The van der Waals surface area contributed by atoms with Crippen LogP contribution in [0.4, 0.5) is 0 Å². The van der Waals surface area contributed by atoms with Gasteiger partial charge in [-0.25, -0.2) is 4.79 Å². The van der Waals surface area contributed by atoms with Crippen molar-refractivity contribution in [2.24, 2.45) is 0 Å². The van der Waals surface area contributed by atoms with Gasteiger partial charge in [-0.2, -0.15) is 0 Å². The Balaban J connectivity index is 3.15. The minimum Gasteiger partial charge on any atom is -0.478 e. The number of rotatable bonds is 5. The summed E-state index contributed by atoms with van der Waals surface area (Å²) in [6, 6.07) is 1.26. The highest BCUT2D eigenvalue weighted by Gasteiger charge is 2.40. The van der Waals surface area contributed by atoms with Crippen molar-refractivity contribution >= 4 is 5.97 Å². The lowest BCUT2D eigenvalue weighted by atomic mass is 9.99. The summed E-state index contributed by atoms with van der Waals surface area (Å²) in [5.74, 6) is -1.29. The average molecular weight is 230 g/mol. The molecule has 1 aromatic rings. The SMILES string of the molecule is COC(OC)C(C)(O)c1occc1C(=O)O. The molecule has 90 valence electrons. The smallest absolute Gasteiger partial charge is 0.339 e. The fraction of sp³-hybridized carbons (Fsp3) is 0.500. The van der Waals surface area contributed by atoms with Crippen molar-refractivity contribution in [2.75, 3.05) is 14.2 Å². The monoisotopic (exact) mass is 230 g/mol. The molecule has 0 amide bonds. The molecule has 0 bridgehead atoms. The molecular weight excluding hydrogens is 216 g/mol. The van der Waals surface area contributed by atoms with Gasteiger partial charge in [-0.1, -0.05) is 0 Å². The molecule has 1 heterocycles. The van der Waals surface area contributed by atoms with Gasteiger partial charge in [-0.05, 0) is 13.0 Å². The van der Waals surface area contributed by atoms with Crippen LogP contribution in [-0.2, 0) is 15.1 Å². The van der Waals surface area contributed by atoms with Crippen LogP contribution in [0.1, 0.15) is 23.0 Å². The van der Waals surface area contributed by atoms with E-state index in [1.165, 1.54) is 33.5 Å². The Hall–Kier alpha value is -1.37. The van der Waals surface area contributed by atoms with E-state index in [1.54, 1.807) is 0 Å². The first-order valence-electron chi connectivity index (χ1n) is 4.54. The van der Waals surface area contributed by atoms with Crippen LogP contribution in [0.3, 0.4) is 0 Å². The zero-order valence-electron chi connectivity index (χ0n) is 9.26. The molecular formula is C10H14O6. The Bertz CT molecular complexity index is 363. The third-order valence-corrected chi connectivity index (χ3v) is 2.24. The van der Waals surface area contributed by atoms with Crippen molar-refractivity contribution in [1.29, 1.82) is 0 Å². The minimum absolute atomic E-state index is 0.103. The van der Waals surface area contributed by atoms with Crippen LogP contribution in [0.25, 0.3) is 0 Å². The van der Waals surface area contributed by atoms with Crippen molar-refractivity contribution in [3.8, 4) is 0 Å². The summed E-state index contributed by atoms with van der Waals surface area (Å²) in [6.07, 6.45) is 0.173. The standard InChI is InChI=1S/C10H14O6/c1-10(13,9(14-2)15-3)7-6(8(11)12)4-5-16-7/h4-5,9,13H,1-3H3,(H,11,12). The molecule has 1 unspecified atom stereocenters. The Morgan fingerprint density at radius 2 is 2.06 bits per heavy atom. The molecule has 0 aliphatic carbocycles. The van der Waals surface area contributed by atoms with Crippen molar-refractivity contribution in [3.63, 3.8) is 0 Å². The molecule has 2 N–H and O–H groups in total. The number of carbonyl (C=O) groups is 1. The van der Waals surface area contributed by atoms with E-state index in [4.69, 9.17) is 19.0 Å². The number of carboxylic acid groups (broad SMARTS) is 1. The molecule has 0 aromatic carbocycles. The fourth-order valence-electron chi connectivity index (χ4n) is 1.53. The van der Waals surface area contributed by atoms with Gasteiger partial charge in [0.05, 0.1) is 6.26 Å². The van der Waals surface area contributed by atoms with E-state index in [0.717, 1.165) is 0 Å². The largest absolute Gasteiger partial charge is 0.478 e. The van der Waals surface area contributed by atoms with Gasteiger partial charge < -0.3 is 24.1 Å². The van der Waals surface area contributed by atoms with Crippen molar-refractivity contribution in [3.05, 3.63) is 23.7 Å². The first-order valence-corrected chi connectivity index (χ1v) is 4.54. The van der Waals surface area contributed by atoms with Gasteiger partial charge in [0, 0.05) is 14.2 Å². The maximum Gasteiger partial charge on any atom is 0.339 e. The lowest BCUT2D eigenvalue weighted by Gasteiger charge is -2.28. The van der Waals surface area contributed by atoms with E-state index < -0.39 is 17.9 Å². The van der Waals surface area contributed by atoms with Gasteiger partial charge in [-0.15, -0.1) is 0 Å². The summed E-state index contributed by atoms with van der Waals surface area (Å²) in [7, 11) is 2.68. The van der Waals surface area contributed by atoms with Gasteiger partial charge in [0.2, 0.25) is 0 Å². The zero-order valence-corrected chi connectivity index (χ0v) is 9.26. The highest BCUT2D eigenvalue weighted by Crippen LogP contribution is 2.30. The highest BCUT2D eigenvalue weighted by atomic mass is 16.7. The second-order valence-electron chi connectivity index (χ2n) is 3.42. The number of ether oxygens (including phenoxy) is 2. The number of furan rings is 1. The summed E-state index contributed by atoms with van der Waals surface area (Å²) in [5, 5.41) is 19.0. The van der Waals surface area contributed by atoms with Crippen LogP contribution < -0.4 is 0 Å². The molecule has 0 aliphatic rings. The van der Waals surface area contributed by atoms with Crippen molar-refractivity contribution < 1.29 is 28.9 Å². The summed E-state index contributed by atoms with van der Waals surface area (Å²) in [6.45, 7) is 1.36. The van der Waals surface area contributed by atoms with Gasteiger partial charge in [0.15, 0.2) is 17.7 Å². The molecule has 1 atom stereocenters. The average Bonchev–Trinajstić information content (AvgIpc) is 2.67. The molecule has 0 saturated heterocycles. The summed E-state index contributed by atoms with van der Waals surface area (Å²) < 4.78 is 14.8. The van der Waals surface area contributed by atoms with Crippen LogP contribution in [0, 0.1) is 0 Å². The Morgan fingerprint density at radius 3 is 2.50 bits per heavy atom. The van der Waals surface area contributed by atoms with E-state index in [1.807, 2.05) is 0 Å². The molecule has 0 radical (unpaired) electrons. The molecule has 0 saturated carbocycles. The van der Waals surface area contributed by atoms with Crippen LogP contribution in [0.5, 0.6) is 0 Å². The molecule has 16 heavy (non-hydrogen) atoms. The van der Waals surface area contributed by atoms with Crippen molar-refractivity contribution in [2.45, 2.75) is 18.8 Å². The molecule has 0 spiro atoms. The Morgan fingerprint density at radius 1 is 1.50 bits per heavy atom. The molecule has 0 aliphatic heterocycles. The summed E-state index contributed by atoms with van der Waals surface area (Å²) >= 11 is 0. The van der Waals surface area contributed by atoms with Gasteiger partial charge in [0.25, 0.3) is 0 Å². The molecule has 1 aromatic heterocycles. The summed E-state index contributed by atoms with van der Waals surface area (Å²) in [4.78, 5) is 10.9. The first kappa shape index (κ1) is 12.7. The second-order valence-corrected chi connectivity index (χ2v) is 3.42. The third kappa shape index (κ3) is 2.08. The van der Waals surface area contributed by atoms with Gasteiger partial charge in [0.1, 0.15) is 5.56 Å². The van der Waals surface area contributed by atoms with E-state index in [2.05, 4.69) is 0 Å². The van der Waals surface area contributed by atoms with Crippen LogP contribution >= 0.6 is 0 Å². The topological polar surface area (TPSA) is 89.1 Å². The number of aliphatic hydroxyl groups is 1. The number of aromatic carboxylic acids is 1. The lowest BCUT2D eigenvalue weighted by molar-refractivity contribution is -0.219. The van der Waals surface area contributed by atoms with Gasteiger partial charge >= 0.3 is 5.97 Å². The second kappa shape index (κ2) is 4.65. The quantitative estimate of drug-likeness (QED) is 0.727. The van der Waals surface area contributed by atoms with E-state index in [0.29, 0.717) is 0 Å². The molecule has 6 nitrogen and oxygen atoms in total. The normalized spacial score (nSPS) is 15.1. The van der Waals surface area contributed by atoms with Crippen LogP contribution in [-0.4, -0.2) is 36.7 Å². The predicted octanol–water partition coefficient (Wildman–Crippen LogP) is 0.804. The van der Waals surface area contributed by atoms with Crippen LogP contribution in [0.2, 0.25) is 0 Å². The molecule has 1 rings (SSSR count). The molecule has 6 heteroatoms. The van der Waals surface area contributed by atoms with E-state index in [9.17, 15) is 9.90 Å². The number of carboxylic acids is 1. The van der Waals surface area contributed by atoms with E-state index in [-0.39, 0.29) is 11.3 Å². The maximum atomic E-state index is 10.9. The Kier molecular flexibility index (Phi) is 3.69. The zero-order chi connectivity index (χ0) is 12.3. The predicted molar refractivity (Wildman–Crippen MR) is 53.0 cm³/mol. The lowest BCUT2D eigenvalue weighted by Crippen LogP contribution is -2.40. The molecule has 0 fully saturated rings. The third-order valence-electron chi connectivity index (χ3n) is 2.24. The first-order chi connectivity index (χ1) is 7.45. The minimum atomic E-state index is -1.68. The number of hydrogen-bond donors (Lipinski definition) is 2. The Labute approximate surface area is 92.4 Å². The fourth-order valence-corrected chi connectivity index (χ4v) is 1.53. The summed E-state index contributed by atoms with van der Waals surface area (Å²) in [5.41, 5.74) is -1.80. The number of methoxy groups -OCH3 is 2. The van der Waals surface area contributed by atoms with E-state index >= 15 is 0 Å². The van der Waals surface area contributed by atoms with Gasteiger partial charge in [-0.3, -0.25) is 0 Å². The van der Waals surface area contributed by atoms with Crippen molar-refractivity contribution in [1.82, 2.24) is 0 Å². The number of hydrogen-bond acceptors (Lipinski definition) is 5. The highest BCUT2D eigenvalue weighted by molar-refractivity contribution is 5.89. The maximum absolute atomic E-state index is 10.9.